The molecule has 0 atom stereocenters. The van der Waals surface area contributed by atoms with E-state index in [4.69, 9.17) is 22.9 Å². The van der Waals surface area contributed by atoms with E-state index in [1.807, 2.05) is 0 Å². The molecular formula is C8H8ClN5. The number of hydrogen-bond acceptors (Lipinski definition) is 3. The zero-order valence-corrected chi connectivity index (χ0v) is 8.02. The molecule has 0 amide bonds. The van der Waals surface area contributed by atoms with Crippen LogP contribution in [0.5, 0.6) is 0 Å². The number of aromatic nitrogens is 1. The number of azide groups is 1. The van der Waals surface area contributed by atoms with Gasteiger partial charge in [0.25, 0.3) is 0 Å². The second-order valence-electron chi connectivity index (χ2n) is 2.46. The molecule has 0 aliphatic carbocycles. The molecule has 0 radical (unpaired) electrons. The third-order valence-corrected chi connectivity index (χ3v) is 1.75. The molecule has 6 heteroatoms. The number of anilines is 1. The molecular weight excluding hydrogens is 202 g/mol. The van der Waals surface area contributed by atoms with Gasteiger partial charge in [-0.25, -0.2) is 4.98 Å². The maximum absolute atomic E-state index is 8.03. The van der Waals surface area contributed by atoms with Crippen molar-refractivity contribution in [3.05, 3.63) is 39.5 Å². The van der Waals surface area contributed by atoms with Crippen molar-refractivity contribution in [2.45, 2.75) is 0 Å². The van der Waals surface area contributed by atoms with Gasteiger partial charge in [0.15, 0.2) is 0 Å². The minimum Gasteiger partial charge on any atom is -0.397 e. The van der Waals surface area contributed by atoms with Crippen molar-refractivity contribution in [1.29, 1.82) is 0 Å². The molecule has 1 rings (SSSR count). The molecule has 0 saturated heterocycles. The summed E-state index contributed by atoms with van der Waals surface area (Å²) in [6.45, 7) is 0.279. The van der Waals surface area contributed by atoms with Crippen LogP contribution in [0.3, 0.4) is 0 Å². The van der Waals surface area contributed by atoms with Crippen molar-refractivity contribution in [3.63, 3.8) is 0 Å². The predicted molar refractivity (Wildman–Crippen MR) is 56.7 cm³/mol. The van der Waals surface area contributed by atoms with Gasteiger partial charge in [-0.1, -0.05) is 28.9 Å². The Morgan fingerprint density at radius 2 is 2.50 bits per heavy atom. The van der Waals surface area contributed by atoms with Crippen LogP contribution >= 0.6 is 11.6 Å². The number of halogens is 1. The molecule has 0 aromatic carbocycles. The van der Waals surface area contributed by atoms with Crippen LogP contribution in [0.15, 0.2) is 23.5 Å². The summed E-state index contributed by atoms with van der Waals surface area (Å²) in [5.41, 5.74) is 14.8. The molecule has 0 aliphatic rings. The van der Waals surface area contributed by atoms with Crippen molar-refractivity contribution in [1.82, 2.24) is 4.98 Å². The number of nitrogen functional groups attached to an aromatic ring is 1. The highest BCUT2D eigenvalue weighted by Gasteiger charge is 1.97. The Hall–Kier alpha value is -1.71. The highest BCUT2D eigenvalue weighted by molar-refractivity contribution is 6.30. The molecule has 1 aromatic heterocycles. The molecule has 72 valence electrons. The Balaban J connectivity index is 2.79. The molecule has 0 aliphatic heterocycles. The first-order chi connectivity index (χ1) is 6.74. The van der Waals surface area contributed by atoms with Gasteiger partial charge in [-0.3, -0.25) is 0 Å². The lowest BCUT2D eigenvalue weighted by Gasteiger charge is -1.97. The fourth-order valence-electron chi connectivity index (χ4n) is 0.862. The molecule has 0 saturated carbocycles. The smallest absolute Gasteiger partial charge is 0.136 e. The molecule has 0 unspecified atom stereocenters. The Kier molecular flexibility index (Phi) is 3.79. The van der Waals surface area contributed by atoms with E-state index in [2.05, 4.69) is 15.0 Å². The van der Waals surface area contributed by atoms with Gasteiger partial charge in [0.05, 0.1) is 11.9 Å². The van der Waals surface area contributed by atoms with Crippen molar-refractivity contribution < 1.29 is 0 Å². The number of hydrogen-bond donors (Lipinski definition) is 1. The Morgan fingerprint density at radius 1 is 1.71 bits per heavy atom. The maximum atomic E-state index is 8.03. The molecule has 1 heterocycles. The van der Waals surface area contributed by atoms with Crippen LogP contribution < -0.4 is 5.73 Å². The van der Waals surface area contributed by atoms with Crippen molar-refractivity contribution in [2.24, 2.45) is 5.11 Å². The molecule has 1 aromatic rings. The quantitative estimate of drug-likeness (QED) is 0.359. The first-order valence-corrected chi connectivity index (χ1v) is 4.20. The van der Waals surface area contributed by atoms with Gasteiger partial charge in [0, 0.05) is 17.0 Å². The van der Waals surface area contributed by atoms with Crippen LogP contribution in [0.2, 0.25) is 5.15 Å². The fourth-order valence-corrected chi connectivity index (χ4v) is 1.03. The maximum Gasteiger partial charge on any atom is 0.136 e. The number of rotatable bonds is 3. The Labute approximate surface area is 85.8 Å². The lowest BCUT2D eigenvalue weighted by molar-refractivity contribution is 1.22. The normalized spacial score (nSPS) is 10.1. The summed E-state index contributed by atoms with van der Waals surface area (Å²) in [6, 6.07) is 1.70. The minimum atomic E-state index is 0.279. The summed E-state index contributed by atoms with van der Waals surface area (Å²) in [4.78, 5) is 6.47. The summed E-state index contributed by atoms with van der Waals surface area (Å²) in [6.07, 6.45) is 4.87. The lowest BCUT2D eigenvalue weighted by Crippen LogP contribution is -1.88. The highest BCUT2D eigenvalue weighted by atomic mass is 35.5. The number of nitrogens with two attached hydrogens (primary N) is 1. The summed E-state index contributed by atoms with van der Waals surface area (Å²) in [7, 11) is 0. The van der Waals surface area contributed by atoms with E-state index in [-0.39, 0.29) is 6.54 Å². The van der Waals surface area contributed by atoms with Gasteiger partial charge >= 0.3 is 0 Å². The van der Waals surface area contributed by atoms with Crippen LogP contribution in [-0.4, -0.2) is 11.5 Å². The second kappa shape index (κ2) is 5.11. The zero-order valence-electron chi connectivity index (χ0n) is 7.26. The van der Waals surface area contributed by atoms with Gasteiger partial charge in [0.1, 0.15) is 5.15 Å². The molecule has 14 heavy (non-hydrogen) atoms. The fraction of sp³-hybridized carbons (Fsp3) is 0.125. The van der Waals surface area contributed by atoms with Gasteiger partial charge in [0.2, 0.25) is 0 Å². The molecule has 5 nitrogen and oxygen atoms in total. The van der Waals surface area contributed by atoms with Gasteiger partial charge < -0.3 is 5.73 Å². The Bertz CT molecular complexity index is 395. The molecule has 2 N–H and O–H groups in total. The average Bonchev–Trinajstić information content (AvgIpc) is 2.18. The van der Waals surface area contributed by atoms with E-state index >= 15 is 0 Å². The van der Waals surface area contributed by atoms with Crippen molar-refractivity contribution in [2.75, 3.05) is 12.3 Å². The van der Waals surface area contributed by atoms with E-state index in [0.29, 0.717) is 16.4 Å². The van der Waals surface area contributed by atoms with Crippen molar-refractivity contribution >= 4 is 23.4 Å². The SMILES string of the molecule is [N-]=[N+]=NCC=Cc1cc(N)cnc1Cl. The lowest BCUT2D eigenvalue weighted by atomic mass is 10.2. The van der Waals surface area contributed by atoms with Gasteiger partial charge in [-0.15, -0.1) is 0 Å². The van der Waals surface area contributed by atoms with E-state index in [9.17, 15) is 0 Å². The summed E-state index contributed by atoms with van der Waals surface area (Å²) < 4.78 is 0. The molecule has 0 spiro atoms. The first kappa shape index (κ1) is 10.4. The van der Waals surface area contributed by atoms with Crippen LogP contribution in [-0.2, 0) is 0 Å². The van der Waals surface area contributed by atoms with Gasteiger partial charge in [-0.05, 0) is 11.6 Å². The van der Waals surface area contributed by atoms with Crippen molar-refractivity contribution in [3.8, 4) is 0 Å². The summed E-state index contributed by atoms with van der Waals surface area (Å²) in [5, 5.41) is 3.71. The Morgan fingerprint density at radius 3 is 3.21 bits per heavy atom. The first-order valence-electron chi connectivity index (χ1n) is 3.82. The van der Waals surface area contributed by atoms with E-state index in [1.54, 1.807) is 18.2 Å². The minimum absolute atomic E-state index is 0.279. The van der Waals surface area contributed by atoms with Crippen LogP contribution in [0.4, 0.5) is 5.69 Å². The molecule has 0 fully saturated rings. The third kappa shape index (κ3) is 2.97. The standard InChI is InChI=1S/C8H8ClN5/c9-8-6(2-1-3-13-14-11)4-7(10)5-12-8/h1-2,4-5H,3,10H2. The van der Waals surface area contributed by atoms with Gasteiger partial charge in [-0.2, -0.15) is 0 Å². The monoisotopic (exact) mass is 209 g/mol. The van der Waals surface area contributed by atoms with E-state index < -0.39 is 0 Å². The van der Waals surface area contributed by atoms with Crippen LogP contribution in [0, 0.1) is 0 Å². The predicted octanol–water partition coefficient (Wildman–Crippen LogP) is 2.64. The number of nitrogens with zero attached hydrogens (tertiary/aromatic N) is 4. The number of pyridine rings is 1. The van der Waals surface area contributed by atoms with E-state index in [1.165, 1.54) is 6.20 Å². The van der Waals surface area contributed by atoms with Crippen LogP contribution in [0.25, 0.3) is 16.5 Å². The highest BCUT2D eigenvalue weighted by Crippen LogP contribution is 2.16. The zero-order chi connectivity index (χ0) is 10.4. The van der Waals surface area contributed by atoms with Crippen LogP contribution in [0.1, 0.15) is 5.56 Å². The van der Waals surface area contributed by atoms with E-state index in [0.717, 1.165) is 0 Å². The summed E-state index contributed by atoms with van der Waals surface area (Å²) >= 11 is 5.79. The largest absolute Gasteiger partial charge is 0.397 e. The average molecular weight is 210 g/mol. The third-order valence-electron chi connectivity index (χ3n) is 1.44. The summed E-state index contributed by atoms with van der Waals surface area (Å²) in [5.74, 6) is 0. The second-order valence-corrected chi connectivity index (χ2v) is 2.82. The molecule has 0 bridgehead atoms. The topological polar surface area (TPSA) is 87.7 Å².